The molecule has 0 saturated heterocycles. The van der Waals surface area contributed by atoms with Gasteiger partial charge in [0.2, 0.25) is 11.8 Å². The summed E-state index contributed by atoms with van der Waals surface area (Å²) in [5.74, 6) is -0.346. The van der Waals surface area contributed by atoms with Gasteiger partial charge in [-0.3, -0.25) is 14.9 Å². The number of amides is 2. The SMILES string of the molecule is Cc1ccc(Cl)cc1NC(=O)CNC(C)C(=O)NC(C)C. The molecule has 0 aliphatic carbocycles. The normalized spacial score (nSPS) is 12.1. The van der Waals surface area contributed by atoms with Crippen molar-refractivity contribution in [2.24, 2.45) is 0 Å². The van der Waals surface area contributed by atoms with E-state index in [4.69, 9.17) is 11.6 Å². The summed E-state index contributed by atoms with van der Waals surface area (Å²) in [6, 6.07) is 4.94. The third-order valence-corrected chi connectivity index (χ3v) is 3.10. The fourth-order valence-corrected chi connectivity index (χ4v) is 1.84. The predicted molar refractivity (Wildman–Crippen MR) is 85.6 cm³/mol. The highest BCUT2D eigenvalue weighted by atomic mass is 35.5. The minimum atomic E-state index is -0.432. The Morgan fingerprint density at radius 3 is 2.52 bits per heavy atom. The van der Waals surface area contributed by atoms with Gasteiger partial charge in [0.1, 0.15) is 0 Å². The highest BCUT2D eigenvalue weighted by Crippen LogP contribution is 2.19. The van der Waals surface area contributed by atoms with Gasteiger partial charge in [0.25, 0.3) is 0 Å². The lowest BCUT2D eigenvalue weighted by Gasteiger charge is -2.16. The van der Waals surface area contributed by atoms with E-state index in [1.54, 1.807) is 19.1 Å². The number of nitrogens with one attached hydrogen (secondary N) is 3. The Kier molecular flexibility index (Phi) is 6.65. The van der Waals surface area contributed by atoms with Crippen LogP contribution in [0.25, 0.3) is 0 Å². The van der Waals surface area contributed by atoms with Gasteiger partial charge in [-0.2, -0.15) is 0 Å². The summed E-state index contributed by atoms with van der Waals surface area (Å²) in [5.41, 5.74) is 1.60. The number of carbonyl (C=O) groups is 2. The second kappa shape index (κ2) is 8.00. The molecule has 6 heteroatoms. The van der Waals surface area contributed by atoms with E-state index in [9.17, 15) is 9.59 Å². The zero-order valence-electron chi connectivity index (χ0n) is 12.8. The molecule has 0 aliphatic heterocycles. The van der Waals surface area contributed by atoms with E-state index in [0.717, 1.165) is 5.56 Å². The van der Waals surface area contributed by atoms with Crippen LogP contribution in [0.4, 0.5) is 5.69 Å². The lowest BCUT2D eigenvalue weighted by molar-refractivity contribution is -0.123. The summed E-state index contributed by atoms with van der Waals surface area (Å²) in [7, 11) is 0. The van der Waals surface area contributed by atoms with E-state index in [-0.39, 0.29) is 24.4 Å². The smallest absolute Gasteiger partial charge is 0.238 e. The van der Waals surface area contributed by atoms with Crippen LogP contribution < -0.4 is 16.0 Å². The number of benzene rings is 1. The highest BCUT2D eigenvalue weighted by Gasteiger charge is 2.14. The molecule has 1 aromatic rings. The second-order valence-electron chi connectivity index (χ2n) is 5.27. The van der Waals surface area contributed by atoms with Crippen molar-refractivity contribution in [1.82, 2.24) is 10.6 Å². The summed E-state index contributed by atoms with van der Waals surface area (Å²) < 4.78 is 0. The molecule has 3 N–H and O–H groups in total. The fraction of sp³-hybridized carbons (Fsp3) is 0.467. The van der Waals surface area contributed by atoms with Crippen LogP contribution in [0.1, 0.15) is 26.3 Å². The van der Waals surface area contributed by atoms with E-state index in [1.165, 1.54) is 0 Å². The highest BCUT2D eigenvalue weighted by molar-refractivity contribution is 6.31. The van der Waals surface area contributed by atoms with Crippen molar-refractivity contribution >= 4 is 29.1 Å². The van der Waals surface area contributed by atoms with Crippen molar-refractivity contribution in [3.05, 3.63) is 28.8 Å². The molecular weight excluding hydrogens is 290 g/mol. The molecule has 0 bridgehead atoms. The van der Waals surface area contributed by atoms with Gasteiger partial charge < -0.3 is 10.6 Å². The first kappa shape index (κ1) is 17.5. The molecule has 5 nitrogen and oxygen atoms in total. The average molecular weight is 312 g/mol. The Morgan fingerprint density at radius 1 is 1.24 bits per heavy atom. The van der Waals surface area contributed by atoms with Gasteiger partial charge in [0.15, 0.2) is 0 Å². The van der Waals surface area contributed by atoms with Crippen molar-refractivity contribution in [3.8, 4) is 0 Å². The van der Waals surface area contributed by atoms with Gasteiger partial charge in [-0.25, -0.2) is 0 Å². The number of aryl methyl sites for hydroxylation is 1. The zero-order chi connectivity index (χ0) is 16.0. The maximum absolute atomic E-state index is 11.9. The number of hydrogen-bond acceptors (Lipinski definition) is 3. The molecule has 0 spiro atoms. The number of halogens is 1. The first-order valence-electron chi connectivity index (χ1n) is 6.89. The number of hydrogen-bond donors (Lipinski definition) is 3. The van der Waals surface area contributed by atoms with E-state index < -0.39 is 6.04 Å². The van der Waals surface area contributed by atoms with Crippen LogP contribution in [0.5, 0.6) is 0 Å². The van der Waals surface area contributed by atoms with Gasteiger partial charge in [0, 0.05) is 16.8 Å². The van der Waals surface area contributed by atoms with Crippen molar-refractivity contribution in [2.45, 2.75) is 39.8 Å². The Balaban J connectivity index is 2.47. The van der Waals surface area contributed by atoms with Crippen LogP contribution in [0.15, 0.2) is 18.2 Å². The molecule has 116 valence electrons. The van der Waals surface area contributed by atoms with Crippen molar-refractivity contribution in [2.75, 3.05) is 11.9 Å². The Bertz CT molecular complexity index is 518. The summed E-state index contributed by atoms with van der Waals surface area (Å²) in [5, 5.41) is 9.00. The molecule has 0 heterocycles. The molecule has 0 fully saturated rings. The maximum Gasteiger partial charge on any atom is 0.238 e. The molecule has 0 radical (unpaired) electrons. The fourth-order valence-electron chi connectivity index (χ4n) is 1.67. The molecule has 1 rings (SSSR count). The Morgan fingerprint density at radius 2 is 1.90 bits per heavy atom. The Labute approximate surface area is 130 Å². The second-order valence-corrected chi connectivity index (χ2v) is 5.71. The number of rotatable bonds is 6. The lowest BCUT2D eigenvalue weighted by Crippen LogP contribution is -2.46. The lowest BCUT2D eigenvalue weighted by atomic mass is 10.2. The topological polar surface area (TPSA) is 70.2 Å². The zero-order valence-corrected chi connectivity index (χ0v) is 13.5. The standard InChI is InChI=1S/C15H22ClN3O2/c1-9(2)18-15(21)11(4)17-8-14(20)19-13-7-12(16)6-5-10(13)3/h5-7,9,11,17H,8H2,1-4H3,(H,18,21)(H,19,20). The van der Waals surface area contributed by atoms with Crippen LogP contribution >= 0.6 is 11.6 Å². The summed E-state index contributed by atoms with van der Waals surface area (Å²) in [6.45, 7) is 7.44. The molecule has 1 aromatic carbocycles. The molecule has 1 atom stereocenters. The van der Waals surface area contributed by atoms with E-state index >= 15 is 0 Å². The first-order valence-corrected chi connectivity index (χ1v) is 7.27. The molecule has 2 amide bonds. The van der Waals surface area contributed by atoms with Gasteiger partial charge in [-0.15, -0.1) is 0 Å². The summed E-state index contributed by atoms with van der Waals surface area (Å²) in [6.07, 6.45) is 0. The van der Waals surface area contributed by atoms with E-state index in [2.05, 4.69) is 16.0 Å². The predicted octanol–water partition coefficient (Wildman–Crippen LogP) is 2.09. The van der Waals surface area contributed by atoms with Gasteiger partial charge >= 0.3 is 0 Å². The van der Waals surface area contributed by atoms with E-state index in [1.807, 2.05) is 26.8 Å². The van der Waals surface area contributed by atoms with Gasteiger partial charge in [0.05, 0.1) is 12.6 Å². The van der Waals surface area contributed by atoms with Crippen molar-refractivity contribution in [1.29, 1.82) is 0 Å². The third kappa shape index (κ3) is 6.14. The number of anilines is 1. The number of carbonyl (C=O) groups excluding carboxylic acids is 2. The van der Waals surface area contributed by atoms with Gasteiger partial charge in [-0.1, -0.05) is 17.7 Å². The van der Waals surface area contributed by atoms with Crippen LogP contribution in [0.2, 0.25) is 5.02 Å². The van der Waals surface area contributed by atoms with Crippen molar-refractivity contribution < 1.29 is 9.59 Å². The van der Waals surface area contributed by atoms with E-state index in [0.29, 0.717) is 10.7 Å². The van der Waals surface area contributed by atoms with Crippen LogP contribution in [0.3, 0.4) is 0 Å². The average Bonchev–Trinajstić information content (AvgIpc) is 2.39. The molecule has 1 unspecified atom stereocenters. The van der Waals surface area contributed by atoms with Crippen LogP contribution in [0, 0.1) is 6.92 Å². The third-order valence-electron chi connectivity index (χ3n) is 2.87. The molecule has 0 aromatic heterocycles. The molecule has 21 heavy (non-hydrogen) atoms. The minimum absolute atomic E-state index is 0.0542. The summed E-state index contributed by atoms with van der Waals surface area (Å²) >= 11 is 5.90. The Hall–Kier alpha value is -1.59. The largest absolute Gasteiger partial charge is 0.353 e. The monoisotopic (exact) mass is 311 g/mol. The summed E-state index contributed by atoms with van der Waals surface area (Å²) in [4.78, 5) is 23.6. The van der Waals surface area contributed by atoms with Gasteiger partial charge in [-0.05, 0) is 45.4 Å². The first-order chi connectivity index (χ1) is 9.79. The van der Waals surface area contributed by atoms with Crippen LogP contribution in [-0.2, 0) is 9.59 Å². The molecular formula is C15H22ClN3O2. The maximum atomic E-state index is 11.9. The van der Waals surface area contributed by atoms with Crippen molar-refractivity contribution in [3.63, 3.8) is 0 Å². The minimum Gasteiger partial charge on any atom is -0.353 e. The quantitative estimate of drug-likeness (QED) is 0.753. The molecule has 0 saturated carbocycles. The molecule has 0 aliphatic rings. The van der Waals surface area contributed by atoms with Crippen LogP contribution in [-0.4, -0.2) is 30.4 Å².